The Morgan fingerprint density at radius 1 is 0.887 bits per heavy atom. The Morgan fingerprint density at radius 3 is 2.11 bits per heavy atom. The third-order valence-electron chi connectivity index (χ3n) is 8.74. The summed E-state index contributed by atoms with van der Waals surface area (Å²) in [6.45, 7) is 28.1. The van der Waals surface area contributed by atoms with Gasteiger partial charge in [0.1, 0.15) is 6.17 Å². The Hall–Kier alpha value is -3.38. The number of hydrogen-bond acceptors (Lipinski definition) is 6. The van der Waals surface area contributed by atoms with Gasteiger partial charge < -0.3 is 21.1 Å². The average molecular weight is 732 g/mol. The molecule has 3 heterocycles. The molecule has 2 aromatic rings. The van der Waals surface area contributed by atoms with Gasteiger partial charge in [0.25, 0.3) is 0 Å². The average Bonchev–Trinajstić information content (AvgIpc) is 4.03. The number of aryl methyl sites for hydroxylation is 3. The maximum Gasteiger partial charge on any atom is 0.151 e. The number of pyridine rings is 2. The number of nitrogens with one attached hydrogen (secondary N) is 3. The molecule has 6 heteroatoms. The Balaban J connectivity index is 0.000000747. The molecule has 1 saturated carbocycles. The molecule has 1 aliphatic heterocycles. The van der Waals surface area contributed by atoms with Gasteiger partial charge in [-0.3, -0.25) is 4.98 Å². The van der Waals surface area contributed by atoms with E-state index >= 15 is 0 Å². The number of allylic oxidation sites excluding steroid dienone is 6. The van der Waals surface area contributed by atoms with Crippen LogP contribution in [-0.4, -0.2) is 33.9 Å². The number of hydrogen-bond donors (Lipinski definition) is 4. The Morgan fingerprint density at radius 2 is 1.53 bits per heavy atom. The van der Waals surface area contributed by atoms with Crippen LogP contribution in [0.2, 0.25) is 0 Å². The molecule has 0 spiro atoms. The molecule has 1 atom stereocenters. The third kappa shape index (κ3) is 22.4. The largest absolute Gasteiger partial charge is 0.393 e. The number of aromatic nitrogens is 2. The highest BCUT2D eigenvalue weighted by Gasteiger charge is 2.25. The predicted octanol–water partition coefficient (Wildman–Crippen LogP) is 13.2. The van der Waals surface area contributed by atoms with Gasteiger partial charge in [0.15, 0.2) is 5.82 Å². The van der Waals surface area contributed by atoms with Gasteiger partial charge in [-0.1, -0.05) is 137 Å². The first-order chi connectivity index (χ1) is 25.8. The first kappa shape index (κ1) is 49.6. The number of aliphatic hydroxyl groups is 1. The molecule has 2 aliphatic carbocycles. The van der Waals surface area contributed by atoms with E-state index in [2.05, 4.69) is 118 Å². The lowest BCUT2D eigenvalue weighted by atomic mass is 9.96. The fourth-order valence-corrected chi connectivity index (χ4v) is 5.25. The van der Waals surface area contributed by atoms with Crippen LogP contribution in [0.5, 0.6) is 0 Å². The topological polar surface area (TPSA) is 82.1 Å². The van der Waals surface area contributed by atoms with Crippen LogP contribution in [0.25, 0.3) is 5.57 Å². The van der Waals surface area contributed by atoms with Crippen molar-refractivity contribution in [2.75, 3.05) is 17.2 Å². The Kier molecular flexibility index (Phi) is 30.0. The van der Waals surface area contributed by atoms with E-state index in [1.807, 2.05) is 33.9 Å². The third-order valence-corrected chi connectivity index (χ3v) is 8.74. The van der Waals surface area contributed by atoms with Crippen LogP contribution in [0.1, 0.15) is 176 Å². The zero-order chi connectivity index (χ0) is 39.9. The van der Waals surface area contributed by atoms with E-state index in [0.717, 1.165) is 80.8 Å². The molecule has 0 aromatic carbocycles. The fraction of sp³-hybridized carbons (Fsp3) is 0.617. The van der Waals surface area contributed by atoms with Crippen LogP contribution >= 0.6 is 0 Å². The minimum Gasteiger partial charge on any atom is -0.393 e. The second-order valence-corrected chi connectivity index (χ2v) is 13.5. The summed E-state index contributed by atoms with van der Waals surface area (Å²) in [6.07, 6.45) is 28.3. The van der Waals surface area contributed by atoms with Crippen molar-refractivity contribution in [3.63, 3.8) is 0 Å². The van der Waals surface area contributed by atoms with Gasteiger partial charge in [-0.25, -0.2) is 4.98 Å². The highest BCUT2D eigenvalue weighted by molar-refractivity contribution is 5.73. The van der Waals surface area contributed by atoms with Gasteiger partial charge in [-0.2, -0.15) is 0 Å². The quantitative estimate of drug-likeness (QED) is 0.114. The monoisotopic (exact) mass is 732 g/mol. The zero-order valence-corrected chi connectivity index (χ0v) is 36.1. The van der Waals surface area contributed by atoms with Crippen LogP contribution in [0.15, 0.2) is 66.5 Å². The molecular weight excluding hydrogens is 651 g/mol. The SMILES string of the molecule is C1CC1.C=C(NCCCC)C1Nc2cc3c(nc2N1)CCCC3.CC.CC.CCC(C)=C/C=C\C=C(/C)c1ccnc(CC)c1.CCCC(O)CCC. The van der Waals surface area contributed by atoms with Crippen molar-refractivity contribution in [1.82, 2.24) is 15.3 Å². The number of unbranched alkanes of at least 4 members (excludes halogenated alkanes) is 1. The lowest BCUT2D eigenvalue weighted by Crippen LogP contribution is -2.32. The summed E-state index contributed by atoms with van der Waals surface area (Å²) >= 11 is 0. The normalized spacial score (nSPS) is 15.1. The van der Waals surface area contributed by atoms with Crippen molar-refractivity contribution in [3.8, 4) is 0 Å². The standard InChI is InChI=1S/C17H23N.C16H24N4.C7H16O.C3H6.2C2H6/c1-5-14(3)9-7-8-10-15(4)16-11-12-18-17(6-2)13-16;1-3-4-9-17-11(2)15-19-14-10-12-7-5-6-8-13(12)18-16(14)20-15;1-3-5-7(8)6-4-2;1-2-3-1;2*1-2/h7-13H,5-6H2,1-4H3;10,15,17,19H,2-9H2,1H3,(H,18,20);7-8H,3-6H2,1-2H3;1-3H2;2*1-2H3/b8-7-,14-9?,15-10+;;;;;. The van der Waals surface area contributed by atoms with E-state index in [9.17, 15) is 0 Å². The van der Waals surface area contributed by atoms with Crippen molar-refractivity contribution in [2.45, 2.75) is 185 Å². The molecule has 0 amide bonds. The van der Waals surface area contributed by atoms with Gasteiger partial charge >= 0.3 is 0 Å². The van der Waals surface area contributed by atoms with Crippen LogP contribution < -0.4 is 16.0 Å². The molecule has 0 bridgehead atoms. The van der Waals surface area contributed by atoms with E-state index in [0.29, 0.717) is 0 Å². The Labute approximate surface area is 327 Å². The molecule has 1 unspecified atom stereocenters. The second kappa shape index (κ2) is 32.1. The van der Waals surface area contributed by atoms with E-state index in [1.54, 1.807) is 0 Å². The number of nitrogens with zero attached hydrogens (tertiary/aromatic N) is 2. The molecular formula is C47H81N5O. The number of rotatable bonds is 14. The first-order valence-electron chi connectivity index (χ1n) is 21.4. The minimum absolute atomic E-state index is 0.0370. The summed E-state index contributed by atoms with van der Waals surface area (Å²) in [5, 5.41) is 19.3. The molecule has 4 N–H and O–H groups in total. The molecule has 300 valence electrons. The minimum atomic E-state index is -0.0370. The van der Waals surface area contributed by atoms with Crippen molar-refractivity contribution in [2.24, 2.45) is 0 Å². The van der Waals surface area contributed by atoms with Crippen molar-refractivity contribution in [3.05, 3.63) is 89.1 Å². The maximum absolute atomic E-state index is 9.05. The molecule has 2 aromatic heterocycles. The van der Waals surface area contributed by atoms with E-state index in [-0.39, 0.29) is 12.3 Å². The summed E-state index contributed by atoms with van der Waals surface area (Å²) < 4.78 is 0. The van der Waals surface area contributed by atoms with Gasteiger partial charge in [-0.05, 0) is 107 Å². The van der Waals surface area contributed by atoms with Crippen LogP contribution in [0, 0.1) is 0 Å². The van der Waals surface area contributed by atoms with Crippen LogP contribution in [0.3, 0.4) is 0 Å². The van der Waals surface area contributed by atoms with Gasteiger partial charge in [0.2, 0.25) is 0 Å². The summed E-state index contributed by atoms with van der Waals surface area (Å²) in [5.41, 5.74) is 9.86. The number of fused-ring (bicyclic) bond motifs is 2. The smallest absolute Gasteiger partial charge is 0.151 e. The molecule has 0 saturated heterocycles. The van der Waals surface area contributed by atoms with Gasteiger partial charge in [-0.15, -0.1) is 0 Å². The second-order valence-electron chi connectivity index (χ2n) is 13.5. The summed E-state index contributed by atoms with van der Waals surface area (Å²) in [6, 6.07) is 6.49. The Bertz CT molecular complexity index is 1280. The summed E-state index contributed by atoms with van der Waals surface area (Å²) in [5.74, 6) is 0.981. The molecule has 53 heavy (non-hydrogen) atoms. The number of anilines is 2. The van der Waals surface area contributed by atoms with Crippen molar-refractivity contribution >= 4 is 17.1 Å². The summed E-state index contributed by atoms with van der Waals surface area (Å²) in [7, 11) is 0. The van der Waals surface area contributed by atoms with Crippen molar-refractivity contribution < 1.29 is 5.11 Å². The summed E-state index contributed by atoms with van der Waals surface area (Å²) in [4.78, 5) is 9.10. The lowest BCUT2D eigenvalue weighted by molar-refractivity contribution is 0.153. The predicted molar refractivity (Wildman–Crippen MR) is 237 cm³/mol. The molecule has 3 aliphatic rings. The lowest BCUT2D eigenvalue weighted by Gasteiger charge is -2.16. The maximum atomic E-state index is 9.05. The first-order valence-corrected chi connectivity index (χ1v) is 21.4. The van der Waals surface area contributed by atoms with Crippen LogP contribution in [0.4, 0.5) is 11.5 Å². The van der Waals surface area contributed by atoms with E-state index in [4.69, 9.17) is 10.1 Å². The van der Waals surface area contributed by atoms with E-state index in [1.165, 1.54) is 72.9 Å². The fourth-order valence-electron chi connectivity index (χ4n) is 5.25. The van der Waals surface area contributed by atoms with Gasteiger partial charge in [0.05, 0.1) is 11.8 Å². The molecule has 1 fully saturated rings. The molecule has 5 rings (SSSR count). The zero-order valence-electron chi connectivity index (χ0n) is 36.1. The highest BCUT2D eigenvalue weighted by atomic mass is 16.3. The highest BCUT2D eigenvalue weighted by Crippen LogP contribution is 2.33. The van der Waals surface area contributed by atoms with Crippen molar-refractivity contribution in [1.29, 1.82) is 0 Å². The molecule has 6 nitrogen and oxygen atoms in total. The molecule has 0 radical (unpaired) electrons. The van der Waals surface area contributed by atoms with Gasteiger partial charge in [0, 0.05) is 29.8 Å². The van der Waals surface area contributed by atoms with Crippen LogP contribution in [-0.2, 0) is 19.3 Å². The van der Waals surface area contributed by atoms with E-state index < -0.39 is 0 Å². The number of aliphatic hydroxyl groups excluding tert-OH is 1.